The van der Waals surface area contributed by atoms with Crippen LogP contribution in [0.1, 0.15) is 27.0 Å². The van der Waals surface area contributed by atoms with Crippen LogP contribution >= 0.6 is 11.6 Å². The van der Waals surface area contributed by atoms with Gasteiger partial charge in [-0.2, -0.15) is 26.3 Å². The van der Waals surface area contributed by atoms with E-state index in [9.17, 15) is 35.9 Å². The molecule has 5 nitrogen and oxygen atoms in total. The Morgan fingerprint density at radius 2 is 1.53 bits per heavy atom. The van der Waals surface area contributed by atoms with Crippen LogP contribution in [0, 0.1) is 0 Å². The number of rotatable bonds is 6. The summed E-state index contributed by atoms with van der Waals surface area (Å²) in [5.74, 6) is -2.48. The Labute approximate surface area is 170 Å². The van der Waals surface area contributed by atoms with Gasteiger partial charge in [0.2, 0.25) is 0 Å². The van der Waals surface area contributed by atoms with Gasteiger partial charge in [0.25, 0.3) is 5.91 Å². The van der Waals surface area contributed by atoms with E-state index in [1.54, 1.807) is 0 Å². The molecular weight excluding hydrogens is 444 g/mol. The molecule has 0 atom stereocenters. The maximum atomic E-state index is 12.9. The van der Waals surface area contributed by atoms with Crippen molar-refractivity contribution in [3.8, 4) is 5.75 Å². The molecule has 0 aliphatic carbocycles. The van der Waals surface area contributed by atoms with E-state index in [0.717, 1.165) is 6.07 Å². The Morgan fingerprint density at radius 1 is 0.967 bits per heavy atom. The molecule has 0 heterocycles. The minimum absolute atomic E-state index is 0.0254. The van der Waals surface area contributed by atoms with E-state index < -0.39 is 54.1 Å². The summed E-state index contributed by atoms with van der Waals surface area (Å²) in [4.78, 5) is 23.0. The van der Waals surface area contributed by atoms with Gasteiger partial charge >= 0.3 is 18.3 Å². The summed E-state index contributed by atoms with van der Waals surface area (Å²) < 4.78 is 82.4. The van der Waals surface area contributed by atoms with Crippen molar-refractivity contribution in [1.29, 1.82) is 0 Å². The fourth-order valence-corrected chi connectivity index (χ4v) is 2.50. The molecule has 0 aliphatic heterocycles. The minimum atomic E-state index is -5.02. The van der Waals surface area contributed by atoms with Crippen LogP contribution in [0.3, 0.4) is 0 Å². The number of halogens is 7. The number of carbonyl (C=O) groups excluding carboxylic acids is 1. The average Bonchev–Trinajstić information content (AvgIpc) is 2.62. The summed E-state index contributed by atoms with van der Waals surface area (Å²) in [6, 6.07) is 4.53. The van der Waals surface area contributed by atoms with E-state index in [1.807, 2.05) is 0 Å². The van der Waals surface area contributed by atoms with E-state index in [2.05, 4.69) is 5.32 Å². The van der Waals surface area contributed by atoms with Gasteiger partial charge in [-0.1, -0.05) is 11.6 Å². The van der Waals surface area contributed by atoms with E-state index in [4.69, 9.17) is 21.4 Å². The number of amides is 1. The second-order valence-electron chi connectivity index (χ2n) is 5.92. The van der Waals surface area contributed by atoms with Crippen LogP contribution in [0.4, 0.5) is 26.3 Å². The minimum Gasteiger partial charge on any atom is -0.481 e. The highest BCUT2D eigenvalue weighted by Gasteiger charge is 2.36. The van der Waals surface area contributed by atoms with E-state index in [0.29, 0.717) is 12.1 Å². The largest absolute Gasteiger partial charge is 0.481 e. The molecule has 12 heteroatoms. The number of hydrogen-bond donors (Lipinski definition) is 2. The van der Waals surface area contributed by atoms with Crippen LogP contribution in [0.2, 0.25) is 5.02 Å². The smallest absolute Gasteiger partial charge is 0.416 e. The molecule has 1 amide bonds. The summed E-state index contributed by atoms with van der Waals surface area (Å²) in [6.07, 6.45) is -10.0. The number of carbonyl (C=O) groups is 2. The number of hydrogen-bond acceptors (Lipinski definition) is 3. The van der Waals surface area contributed by atoms with Crippen molar-refractivity contribution in [3.63, 3.8) is 0 Å². The Hall–Kier alpha value is -2.95. The van der Waals surface area contributed by atoms with Crippen molar-refractivity contribution in [2.24, 2.45) is 0 Å². The van der Waals surface area contributed by atoms with Crippen LogP contribution in [0.15, 0.2) is 36.4 Å². The lowest BCUT2D eigenvalue weighted by Crippen LogP contribution is -2.24. The highest BCUT2D eigenvalue weighted by molar-refractivity contribution is 6.30. The number of nitrogens with one attached hydrogen (secondary N) is 1. The van der Waals surface area contributed by atoms with Crippen LogP contribution in [-0.4, -0.2) is 23.6 Å². The van der Waals surface area contributed by atoms with Crippen molar-refractivity contribution in [1.82, 2.24) is 5.32 Å². The van der Waals surface area contributed by atoms with Crippen molar-refractivity contribution in [3.05, 3.63) is 63.7 Å². The van der Waals surface area contributed by atoms with E-state index in [1.165, 1.54) is 12.1 Å². The zero-order valence-electron chi connectivity index (χ0n) is 14.7. The van der Waals surface area contributed by atoms with E-state index >= 15 is 0 Å². The van der Waals surface area contributed by atoms with Crippen molar-refractivity contribution < 1.29 is 45.8 Å². The first-order chi connectivity index (χ1) is 13.8. The molecule has 0 aliphatic rings. The predicted molar refractivity (Wildman–Crippen MR) is 92.2 cm³/mol. The quantitative estimate of drug-likeness (QED) is 0.615. The van der Waals surface area contributed by atoms with Gasteiger partial charge in [-0.3, -0.25) is 4.79 Å². The van der Waals surface area contributed by atoms with Gasteiger partial charge in [0, 0.05) is 11.6 Å². The summed E-state index contributed by atoms with van der Waals surface area (Å²) in [5, 5.41) is 11.0. The highest BCUT2D eigenvalue weighted by atomic mass is 35.5. The number of alkyl halides is 6. The molecule has 30 heavy (non-hydrogen) atoms. The van der Waals surface area contributed by atoms with Gasteiger partial charge in [0.1, 0.15) is 5.75 Å². The molecule has 2 rings (SSSR count). The third-order valence-corrected chi connectivity index (χ3v) is 3.88. The molecule has 2 aromatic carbocycles. The lowest BCUT2D eigenvalue weighted by Gasteiger charge is -2.15. The van der Waals surface area contributed by atoms with Crippen molar-refractivity contribution >= 4 is 23.5 Å². The van der Waals surface area contributed by atoms with Gasteiger partial charge < -0.3 is 15.2 Å². The molecule has 0 radical (unpaired) electrons. The topological polar surface area (TPSA) is 75.6 Å². The van der Waals surface area contributed by atoms with Crippen LogP contribution in [-0.2, 0) is 23.7 Å². The summed E-state index contributed by atoms with van der Waals surface area (Å²) in [6.45, 7) is -1.46. The summed E-state index contributed by atoms with van der Waals surface area (Å²) in [5.41, 5.74) is -3.67. The molecule has 0 aromatic heterocycles. The zero-order valence-corrected chi connectivity index (χ0v) is 15.5. The van der Waals surface area contributed by atoms with Crippen LogP contribution < -0.4 is 10.1 Å². The number of ether oxygens (including phenoxy) is 1. The second-order valence-corrected chi connectivity index (χ2v) is 6.36. The highest BCUT2D eigenvalue weighted by Crippen LogP contribution is 2.36. The summed E-state index contributed by atoms with van der Waals surface area (Å²) in [7, 11) is 0. The average molecular weight is 456 g/mol. The maximum absolute atomic E-state index is 12.9. The van der Waals surface area contributed by atoms with Gasteiger partial charge in [-0.25, -0.2) is 4.79 Å². The third kappa shape index (κ3) is 6.28. The molecule has 2 aromatic rings. The first-order valence-corrected chi connectivity index (χ1v) is 8.36. The Kier molecular flexibility index (Phi) is 6.86. The second kappa shape index (κ2) is 8.82. The lowest BCUT2D eigenvalue weighted by molar-refractivity contribution is -0.143. The molecule has 2 N–H and O–H groups in total. The molecule has 0 unspecified atom stereocenters. The summed E-state index contributed by atoms with van der Waals surface area (Å²) >= 11 is 5.76. The number of carboxylic acid groups (broad SMARTS) is 1. The molecule has 0 saturated carbocycles. The third-order valence-electron chi connectivity index (χ3n) is 3.64. The molecule has 0 bridgehead atoms. The Morgan fingerprint density at radius 3 is 2.03 bits per heavy atom. The van der Waals surface area contributed by atoms with Gasteiger partial charge in [0.15, 0.2) is 6.61 Å². The first-order valence-electron chi connectivity index (χ1n) is 7.98. The maximum Gasteiger partial charge on any atom is 0.416 e. The molecule has 162 valence electrons. The lowest BCUT2D eigenvalue weighted by atomic mass is 10.0. The predicted octanol–water partition coefficient (Wildman–Crippen LogP) is 4.77. The monoisotopic (exact) mass is 455 g/mol. The molecule has 0 fully saturated rings. The zero-order chi connectivity index (χ0) is 22.7. The van der Waals surface area contributed by atoms with Gasteiger partial charge in [-0.15, -0.1) is 0 Å². The van der Waals surface area contributed by atoms with Crippen LogP contribution in [0.5, 0.6) is 5.75 Å². The molecule has 0 saturated heterocycles. The fraction of sp³-hybridized carbons (Fsp3) is 0.222. The Bertz CT molecular complexity index is 926. The first kappa shape index (κ1) is 23.3. The molecule has 0 spiro atoms. The number of carboxylic acids is 1. The fourth-order valence-electron chi connectivity index (χ4n) is 2.34. The standard InChI is InChI=1S/C18H12ClF6NO4/c19-12-1-2-13(14(6-12)30-8-15(27)28)16(29)26-7-9-3-10(17(20,21)22)5-11(4-9)18(23,24)25/h1-6H,7-8H2,(H,26,29)(H,27,28). The Balaban J connectivity index is 2.27. The van der Waals surface area contributed by atoms with Crippen LogP contribution in [0.25, 0.3) is 0 Å². The van der Waals surface area contributed by atoms with E-state index in [-0.39, 0.29) is 22.4 Å². The SMILES string of the molecule is O=C(O)COc1cc(Cl)ccc1C(=O)NCc1cc(C(F)(F)F)cc(C(F)(F)F)c1. The molecular formula is C18H12ClF6NO4. The van der Waals surface area contributed by atoms with Crippen molar-refractivity contribution in [2.75, 3.05) is 6.61 Å². The number of benzene rings is 2. The normalized spacial score (nSPS) is 11.8. The van der Waals surface area contributed by atoms with Crippen molar-refractivity contribution in [2.45, 2.75) is 18.9 Å². The van der Waals surface area contributed by atoms with Gasteiger partial charge in [0.05, 0.1) is 16.7 Å². The van der Waals surface area contributed by atoms with Gasteiger partial charge in [-0.05, 0) is 42.0 Å². The number of aliphatic carboxylic acids is 1.